The molecule has 144 valence electrons. The molecule has 1 fully saturated rings. The van der Waals surface area contributed by atoms with Crippen molar-refractivity contribution in [1.29, 1.82) is 0 Å². The Morgan fingerprint density at radius 3 is 2.27 bits per heavy atom. The summed E-state index contributed by atoms with van der Waals surface area (Å²) < 4.78 is 27.2. The number of nitrogens with one attached hydrogen (secondary N) is 1. The lowest BCUT2D eigenvalue weighted by atomic mass is 9.90. The Balaban J connectivity index is 2.25. The molecule has 7 nitrogen and oxygen atoms in total. The second-order valence-electron chi connectivity index (χ2n) is 7.78. The largest absolute Gasteiger partial charge is 0.480 e. The van der Waals surface area contributed by atoms with Crippen LogP contribution in [0.5, 0.6) is 0 Å². The van der Waals surface area contributed by atoms with Gasteiger partial charge in [-0.2, -0.15) is 0 Å². The minimum Gasteiger partial charge on any atom is -0.480 e. The topological polar surface area (TPSA) is 104 Å². The summed E-state index contributed by atoms with van der Waals surface area (Å²) in [5.41, 5.74) is -0.341. The fourth-order valence-corrected chi connectivity index (χ4v) is 4.62. The van der Waals surface area contributed by atoms with Gasteiger partial charge in [-0.15, -0.1) is 0 Å². The molecular formula is C18H26N2O5S. The maximum absolute atomic E-state index is 12.7. The summed E-state index contributed by atoms with van der Waals surface area (Å²) in [6, 6.07) is 4.73. The second kappa shape index (κ2) is 7.36. The molecule has 0 aromatic heterocycles. The van der Waals surface area contributed by atoms with E-state index in [1.807, 2.05) is 6.92 Å². The lowest BCUT2D eigenvalue weighted by molar-refractivity contribution is -0.145. The molecule has 0 saturated carbocycles. The third-order valence-electron chi connectivity index (χ3n) is 4.30. The van der Waals surface area contributed by atoms with E-state index in [2.05, 4.69) is 4.72 Å². The zero-order valence-electron chi connectivity index (χ0n) is 15.5. The maximum Gasteiger partial charge on any atom is 0.326 e. The molecular weight excluding hydrogens is 356 g/mol. The average Bonchev–Trinajstić information content (AvgIpc) is 2.51. The number of likely N-dealkylation sites (tertiary alicyclic amines) is 1. The number of carboxylic acids is 1. The van der Waals surface area contributed by atoms with Crippen molar-refractivity contribution >= 4 is 21.9 Å². The van der Waals surface area contributed by atoms with Crippen LogP contribution < -0.4 is 4.72 Å². The number of aliphatic carboxylic acids is 1. The van der Waals surface area contributed by atoms with Crippen LogP contribution in [0.25, 0.3) is 0 Å². The van der Waals surface area contributed by atoms with Crippen LogP contribution in [0.2, 0.25) is 0 Å². The Kier molecular flexibility index (Phi) is 5.77. The van der Waals surface area contributed by atoms with Gasteiger partial charge in [0.25, 0.3) is 5.91 Å². The Hall–Kier alpha value is -1.93. The first-order valence-corrected chi connectivity index (χ1v) is 10.1. The average molecular weight is 382 g/mol. The Morgan fingerprint density at radius 1 is 1.19 bits per heavy atom. The molecule has 1 aromatic rings. The highest BCUT2D eigenvalue weighted by molar-refractivity contribution is 7.89. The summed E-state index contributed by atoms with van der Waals surface area (Å²) in [5, 5.41) is 9.45. The van der Waals surface area contributed by atoms with Crippen molar-refractivity contribution < 1.29 is 23.1 Å². The summed E-state index contributed by atoms with van der Waals surface area (Å²) in [6.07, 6.45) is 1.51. The fraction of sp³-hybridized carbons (Fsp3) is 0.556. The monoisotopic (exact) mass is 382 g/mol. The molecule has 1 aliphatic rings. The summed E-state index contributed by atoms with van der Waals surface area (Å²) in [6.45, 7) is 7.43. The molecule has 1 heterocycles. The number of rotatable bonds is 4. The van der Waals surface area contributed by atoms with Crippen molar-refractivity contribution in [3.05, 3.63) is 29.8 Å². The second-order valence-corrected chi connectivity index (χ2v) is 9.46. The minimum atomic E-state index is -3.69. The molecule has 0 radical (unpaired) electrons. The van der Waals surface area contributed by atoms with Gasteiger partial charge in [0.1, 0.15) is 6.04 Å². The number of carboxylic acid groups (broad SMARTS) is 1. The van der Waals surface area contributed by atoms with Gasteiger partial charge in [0.15, 0.2) is 0 Å². The van der Waals surface area contributed by atoms with Crippen LogP contribution in [0.3, 0.4) is 0 Å². The first-order valence-electron chi connectivity index (χ1n) is 8.60. The maximum atomic E-state index is 12.7. The van der Waals surface area contributed by atoms with E-state index in [1.165, 1.54) is 29.2 Å². The number of hydrogen-bond donors (Lipinski definition) is 2. The molecule has 2 unspecified atom stereocenters. The third kappa shape index (κ3) is 4.62. The van der Waals surface area contributed by atoms with E-state index >= 15 is 0 Å². The van der Waals surface area contributed by atoms with Crippen molar-refractivity contribution in [3.8, 4) is 0 Å². The number of hydrogen-bond acceptors (Lipinski definition) is 4. The van der Waals surface area contributed by atoms with Gasteiger partial charge in [0.05, 0.1) is 4.90 Å². The van der Waals surface area contributed by atoms with Gasteiger partial charge in [0.2, 0.25) is 10.0 Å². The van der Waals surface area contributed by atoms with E-state index in [4.69, 9.17) is 0 Å². The highest BCUT2D eigenvalue weighted by atomic mass is 32.2. The number of amides is 1. The van der Waals surface area contributed by atoms with E-state index in [0.717, 1.165) is 12.8 Å². The van der Waals surface area contributed by atoms with Crippen LogP contribution in [0.15, 0.2) is 29.2 Å². The first kappa shape index (κ1) is 20.4. The predicted octanol–water partition coefficient (Wildman–Crippen LogP) is 2.09. The standard InChI is InChI=1S/C18H26N2O5S/c1-12-6-5-11-20(15(12)17(22)23)16(21)13-7-9-14(10-8-13)26(24,25)19-18(2,3)4/h7-10,12,15,19H,5-6,11H2,1-4H3,(H,22,23). The number of sulfonamides is 1. The number of nitrogens with zero attached hydrogens (tertiary/aromatic N) is 1. The summed E-state index contributed by atoms with van der Waals surface area (Å²) in [7, 11) is -3.69. The molecule has 2 rings (SSSR count). The van der Waals surface area contributed by atoms with Crippen LogP contribution in [0.4, 0.5) is 0 Å². The van der Waals surface area contributed by atoms with E-state index in [1.54, 1.807) is 20.8 Å². The van der Waals surface area contributed by atoms with Crippen LogP contribution in [-0.2, 0) is 14.8 Å². The first-order chi connectivity index (χ1) is 11.9. The molecule has 1 saturated heterocycles. The Morgan fingerprint density at radius 2 is 1.77 bits per heavy atom. The van der Waals surface area contributed by atoms with Gasteiger partial charge >= 0.3 is 5.97 Å². The number of benzene rings is 1. The zero-order chi connectivity index (χ0) is 19.7. The Bertz CT molecular complexity index is 781. The van der Waals surface area contributed by atoms with E-state index in [0.29, 0.717) is 6.54 Å². The van der Waals surface area contributed by atoms with Gasteiger partial charge in [-0.1, -0.05) is 6.92 Å². The van der Waals surface area contributed by atoms with Crippen molar-refractivity contribution in [2.24, 2.45) is 5.92 Å². The summed E-state index contributed by atoms with van der Waals surface area (Å²) in [5.74, 6) is -1.53. The van der Waals surface area contributed by atoms with Crippen molar-refractivity contribution in [1.82, 2.24) is 9.62 Å². The van der Waals surface area contributed by atoms with Gasteiger partial charge in [0, 0.05) is 17.6 Å². The molecule has 0 bridgehead atoms. The lowest BCUT2D eigenvalue weighted by Crippen LogP contribution is -2.51. The zero-order valence-corrected chi connectivity index (χ0v) is 16.3. The van der Waals surface area contributed by atoms with E-state index in [-0.39, 0.29) is 16.4 Å². The van der Waals surface area contributed by atoms with Crippen molar-refractivity contribution in [3.63, 3.8) is 0 Å². The van der Waals surface area contributed by atoms with Gasteiger partial charge < -0.3 is 10.0 Å². The number of piperidine rings is 1. The van der Waals surface area contributed by atoms with Crippen LogP contribution >= 0.6 is 0 Å². The summed E-state index contributed by atoms with van der Waals surface area (Å²) in [4.78, 5) is 25.7. The molecule has 26 heavy (non-hydrogen) atoms. The quantitative estimate of drug-likeness (QED) is 0.830. The molecule has 2 atom stereocenters. The minimum absolute atomic E-state index is 0.0609. The van der Waals surface area contributed by atoms with Crippen molar-refractivity contribution in [2.45, 2.75) is 57.0 Å². The molecule has 8 heteroatoms. The van der Waals surface area contributed by atoms with E-state index in [9.17, 15) is 23.1 Å². The molecule has 0 aliphatic carbocycles. The highest BCUT2D eigenvalue weighted by Crippen LogP contribution is 2.25. The van der Waals surface area contributed by atoms with E-state index < -0.39 is 33.5 Å². The number of carbonyl (C=O) groups excluding carboxylic acids is 1. The van der Waals surface area contributed by atoms with Gasteiger partial charge in [-0.3, -0.25) is 4.79 Å². The van der Waals surface area contributed by atoms with Crippen LogP contribution in [0, 0.1) is 5.92 Å². The highest BCUT2D eigenvalue weighted by Gasteiger charge is 2.37. The van der Waals surface area contributed by atoms with Gasteiger partial charge in [-0.05, 0) is 63.8 Å². The molecule has 0 spiro atoms. The van der Waals surface area contributed by atoms with Crippen LogP contribution in [-0.4, -0.2) is 48.4 Å². The predicted molar refractivity (Wildman–Crippen MR) is 97.4 cm³/mol. The Labute approximate surface area is 154 Å². The fourth-order valence-electron chi connectivity index (χ4n) is 3.20. The third-order valence-corrected chi connectivity index (χ3v) is 6.07. The molecule has 1 amide bonds. The molecule has 1 aliphatic heterocycles. The van der Waals surface area contributed by atoms with Crippen LogP contribution in [0.1, 0.15) is 50.9 Å². The van der Waals surface area contributed by atoms with Crippen molar-refractivity contribution in [2.75, 3.05) is 6.54 Å². The number of carbonyl (C=O) groups is 2. The van der Waals surface area contributed by atoms with Gasteiger partial charge in [-0.25, -0.2) is 17.9 Å². The summed E-state index contributed by atoms with van der Waals surface area (Å²) >= 11 is 0. The molecule has 1 aromatic carbocycles. The molecule has 2 N–H and O–H groups in total. The SMILES string of the molecule is CC1CCCN(C(=O)c2ccc(S(=O)(=O)NC(C)(C)C)cc2)C1C(=O)O. The lowest BCUT2D eigenvalue weighted by Gasteiger charge is -2.37. The normalized spacial score (nSPS) is 21.5. The smallest absolute Gasteiger partial charge is 0.326 e.